The van der Waals surface area contributed by atoms with Gasteiger partial charge in [0.1, 0.15) is 0 Å². The molecular weight excluding hydrogens is 272 g/mol. The summed E-state index contributed by atoms with van der Waals surface area (Å²) in [6.45, 7) is 1.84. The molecule has 0 saturated heterocycles. The van der Waals surface area contributed by atoms with Crippen molar-refractivity contribution in [1.29, 1.82) is 0 Å². The van der Waals surface area contributed by atoms with E-state index >= 15 is 0 Å². The number of aryl methyl sites for hydroxylation is 1. The molecule has 1 aromatic carbocycles. The molecule has 1 aromatic heterocycles. The Balaban J connectivity index is 2.73. The normalized spacial score (nSPS) is 10.3. The minimum atomic E-state index is 0.104. The molecule has 0 radical (unpaired) electrons. The Morgan fingerprint density at radius 2 is 1.87 bits per heavy atom. The van der Waals surface area contributed by atoms with Crippen molar-refractivity contribution in [3.8, 4) is 11.1 Å². The highest BCUT2D eigenvalue weighted by molar-refractivity contribution is 9.11. The predicted octanol–water partition coefficient (Wildman–Crippen LogP) is 3.85. The summed E-state index contributed by atoms with van der Waals surface area (Å²) in [5.74, 6) is 0. The van der Waals surface area contributed by atoms with Gasteiger partial charge in [0.2, 0.25) is 0 Å². The molecule has 2 rings (SSSR count). The van der Waals surface area contributed by atoms with Crippen LogP contribution in [0.25, 0.3) is 11.1 Å². The molecular formula is C12H9BrOS. The molecule has 2 aromatic rings. The van der Waals surface area contributed by atoms with E-state index in [1.807, 2.05) is 42.6 Å². The molecule has 0 fully saturated rings. The number of hydrogen-bond acceptors (Lipinski definition) is 2. The highest BCUT2D eigenvalue weighted by Crippen LogP contribution is 2.28. The number of halogens is 1. The largest absolute Gasteiger partial charge is 0.289 e. The molecule has 0 unspecified atom stereocenters. The Morgan fingerprint density at radius 3 is 2.53 bits per heavy atom. The zero-order valence-corrected chi connectivity index (χ0v) is 10.6. The van der Waals surface area contributed by atoms with Crippen molar-refractivity contribution < 1.29 is 0 Å². The second-order valence-electron chi connectivity index (χ2n) is 3.26. The van der Waals surface area contributed by atoms with Crippen LogP contribution in [0.5, 0.6) is 0 Å². The van der Waals surface area contributed by atoms with Gasteiger partial charge in [0.05, 0.1) is 9.35 Å². The van der Waals surface area contributed by atoms with Gasteiger partial charge < -0.3 is 0 Å². The molecule has 0 bridgehead atoms. The summed E-state index contributed by atoms with van der Waals surface area (Å²) in [5, 5.41) is 1.87. The highest BCUT2D eigenvalue weighted by atomic mass is 79.9. The van der Waals surface area contributed by atoms with Crippen LogP contribution in [0.4, 0.5) is 0 Å². The second kappa shape index (κ2) is 4.29. The summed E-state index contributed by atoms with van der Waals surface area (Å²) in [7, 11) is 0. The summed E-state index contributed by atoms with van der Waals surface area (Å²) >= 11 is 4.98. The maximum absolute atomic E-state index is 12.0. The van der Waals surface area contributed by atoms with Crippen LogP contribution in [-0.4, -0.2) is 0 Å². The van der Waals surface area contributed by atoms with Gasteiger partial charge >= 0.3 is 0 Å². The van der Waals surface area contributed by atoms with Crippen molar-refractivity contribution in [3.05, 3.63) is 55.3 Å². The molecule has 0 amide bonds. The van der Waals surface area contributed by atoms with Crippen molar-refractivity contribution >= 4 is 27.3 Å². The van der Waals surface area contributed by atoms with Gasteiger partial charge in [-0.1, -0.05) is 30.3 Å². The lowest BCUT2D eigenvalue weighted by Gasteiger charge is -2.03. The Morgan fingerprint density at radius 1 is 1.20 bits per heavy atom. The van der Waals surface area contributed by atoms with Gasteiger partial charge in [-0.2, -0.15) is 0 Å². The maximum Gasteiger partial charge on any atom is 0.192 e. The molecule has 0 aliphatic rings. The van der Waals surface area contributed by atoms with Gasteiger partial charge in [-0.25, -0.2) is 0 Å². The standard InChI is InChI=1S/C12H9BrOS/c1-8-7-15-12(13)10(11(8)14)9-5-3-2-4-6-9/h2-7H,1H3. The molecule has 0 aliphatic heterocycles. The summed E-state index contributed by atoms with van der Waals surface area (Å²) in [4.78, 5) is 12.0. The van der Waals surface area contributed by atoms with E-state index in [1.165, 1.54) is 0 Å². The van der Waals surface area contributed by atoms with Crippen LogP contribution >= 0.6 is 27.3 Å². The van der Waals surface area contributed by atoms with Gasteiger partial charge in [-0.05, 0) is 33.8 Å². The van der Waals surface area contributed by atoms with Crippen LogP contribution in [0.15, 0.2) is 44.3 Å². The van der Waals surface area contributed by atoms with E-state index in [9.17, 15) is 4.79 Å². The molecule has 3 heteroatoms. The molecule has 1 heterocycles. The average molecular weight is 281 g/mol. The van der Waals surface area contributed by atoms with Gasteiger partial charge in [0.15, 0.2) is 5.43 Å². The van der Waals surface area contributed by atoms with Crippen LogP contribution in [-0.2, 0) is 0 Å². The Bertz CT molecular complexity index is 531. The number of hydrogen-bond donors (Lipinski definition) is 0. The van der Waals surface area contributed by atoms with Crippen molar-refractivity contribution in [2.24, 2.45) is 0 Å². The zero-order chi connectivity index (χ0) is 10.8. The second-order valence-corrected chi connectivity index (χ2v) is 5.46. The Kier molecular flexibility index (Phi) is 3.03. The first-order valence-corrected chi connectivity index (χ1v) is 6.20. The molecule has 76 valence electrons. The first-order valence-electron chi connectivity index (χ1n) is 4.53. The molecule has 0 N–H and O–H groups in total. The van der Waals surface area contributed by atoms with Crippen molar-refractivity contribution in [1.82, 2.24) is 0 Å². The smallest absolute Gasteiger partial charge is 0.192 e. The molecule has 0 spiro atoms. The SMILES string of the molecule is Cc1csc(Br)c(-c2ccccc2)c1=O. The molecule has 0 atom stereocenters. The van der Waals surface area contributed by atoms with Crippen LogP contribution in [0, 0.1) is 6.92 Å². The summed E-state index contributed by atoms with van der Waals surface area (Å²) < 4.78 is 0.893. The van der Waals surface area contributed by atoms with Crippen molar-refractivity contribution in [2.75, 3.05) is 0 Å². The van der Waals surface area contributed by atoms with E-state index in [1.54, 1.807) is 11.3 Å². The van der Waals surface area contributed by atoms with Crippen LogP contribution in [0.3, 0.4) is 0 Å². The third-order valence-corrected chi connectivity index (χ3v) is 4.02. The first-order chi connectivity index (χ1) is 7.20. The van der Waals surface area contributed by atoms with E-state index in [0.717, 1.165) is 20.5 Å². The molecule has 15 heavy (non-hydrogen) atoms. The zero-order valence-electron chi connectivity index (χ0n) is 8.16. The monoisotopic (exact) mass is 280 g/mol. The van der Waals surface area contributed by atoms with Gasteiger partial charge in [-0.3, -0.25) is 4.79 Å². The molecule has 0 saturated carbocycles. The fourth-order valence-corrected chi connectivity index (χ4v) is 2.79. The van der Waals surface area contributed by atoms with Crippen LogP contribution in [0.1, 0.15) is 5.56 Å². The quantitative estimate of drug-likeness (QED) is 0.776. The average Bonchev–Trinajstić information content (AvgIpc) is 2.26. The predicted molar refractivity (Wildman–Crippen MR) is 68.5 cm³/mol. The fraction of sp³-hybridized carbons (Fsp3) is 0.0833. The van der Waals surface area contributed by atoms with Crippen molar-refractivity contribution in [3.63, 3.8) is 0 Å². The summed E-state index contributed by atoms with van der Waals surface area (Å²) in [6.07, 6.45) is 0. The van der Waals surface area contributed by atoms with Gasteiger partial charge in [-0.15, -0.1) is 11.3 Å². The third kappa shape index (κ3) is 2.03. The Labute approximate surface area is 101 Å². The molecule has 1 nitrogen and oxygen atoms in total. The van der Waals surface area contributed by atoms with Gasteiger partial charge in [0, 0.05) is 5.56 Å². The lowest BCUT2D eigenvalue weighted by atomic mass is 10.1. The summed E-state index contributed by atoms with van der Waals surface area (Å²) in [5.41, 5.74) is 2.63. The van der Waals surface area contributed by atoms with E-state index in [4.69, 9.17) is 0 Å². The van der Waals surface area contributed by atoms with E-state index < -0.39 is 0 Å². The third-order valence-electron chi connectivity index (χ3n) is 2.18. The van der Waals surface area contributed by atoms with E-state index in [-0.39, 0.29) is 5.43 Å². The first kappa shape index (κ1) is 10.6. The molecule has 0 aliphatic carbocycles. The number of rotatable bonds is 1. The minimum absolute atomic E-state index is 0.104. The van der Waals surface area contributed by atoms with E-state index in [2.05, 4.69) is 15.9 Å². The number of benzene rings is 1. The topological polar surface area (TPSA) is 17.1 Å². The highest BCUT2D eigenvalue weighted by Gasteiger charge is 2.09. The van der Waals surface area contributed by atoms with E-state index in [0.29, 0.717) is 0 Å². The Hall–Kier alpha value is -0.930. The lowest BCUT2D eigenvalue weighted by molar-refractivity contribution is 1.43. The van der Waals surface area contributed by atoms with Crippen molar-refractivity contribution in [2.45, 2.75) is 6.92 Å². The fourth-order valence-electron chi connectivity index (χ4n) is 1.39. The van der Waals surface area contributed by atoms with Crippen LogP contribution < -0.4 is 5.43 Å². The van der Waals surface area contributed by atoms with Crippen LogP contribution in [0.2, 0.25) is 0 Å². The summed E-state index contributed by atoms with van der Waals surface area (Å²) in [6, 6.07) is 9.73. The van der Waals surface area contributed by atoms with Gasteiger partial charge in [0.25, 0.3) is 0 Å². The minimum Gasteiger partial charge on any atom is -0.289 e. The lowest BCUT2D eigenvalue weighted by Crippen LogP contribution is -2.07. The maximum atomic E-state index is 12.0.